The first-order chi connectivity index (χ1) is 8.99. The normalized spacial score (nSPS) is 16.5. The molecule has 1 atom stereocenters. The van der Waals surface area contributed by atoms with Gasteiger partial charge in [0.25, 0.3) is 0 Å². The summed E-state index contributed by atoms with van der Waals surface area (Å²) in [6.45, 7) is 2.12. The average molecular weight is 285 g/mol. The number of rotatable bonds is 5. The number of likely N-dealkylation sites (N-methyl/N-ethyl adjacent to an activating group) is 1. The Morgan fingerprint density at radius 3 is 2.84 bits per heavy atom. The van der Waals surface area contributed by atoms with Crippen LogP contribution in [0.4, 0.5) is 4.39 Å². The van der Waals surface area contributed by atoms with Gasteiger partial charge in [-0.15, -0.1) is 0 Å². The molecule has 104 valence electrons. The third-order valence-corrected chi connectivity index (χ3v) is 3.79. The van der Waals surface area contributed by atoms with Crippen molar-refractivity contribution >= 4 is 17.5 Å². The molecule has 0 bridgehead atoms. The summed E-state index contributed by atoms with van der Waals surface area (Å²) in [7, 11) is 1.79. The lowest BCUT2D eigenvalue weighted by atomic mass is 10.1. The van der Waals surface area contributed by atoms with Gasteiger partial charge in [0.1, 0.15) is 5.82 Å². The molecule has 1 aromatic carbocycles. The van der Waals surface area contributed by atoms with E-state index < -0.39 is 0 Å². The molecule has 1 saturated carbocycles. The zero-order chi connectivity index (χ0) is 14.0. The van der Waals surface area contributed by atoms with Crippen LogP contribution in [0.5, 0.6) is 0 Å². The van der Waals surface area contributed by atoms with E-state index in [0.29, 0.717) is 23.2 Å². The zero-order valence-corrected chi connectivity index (χ0v) is 11.9. The second-order valence-corrected chi connectivity index (χ2v) is 5.48. The fraction of sp³-hybridized carbons (Fsp3) is 0.500. The highest BCUT2D eigenvalue weighted by atomic mass is 35.5. The van der Waals surface area contributed by atoms with Crippen LogP contribution in [0.1, 0.15) is 25.3 Å². The molecule has 0 heterocycles. The Balaban J connectivity index is 1.99. The van der Waals surface area contributed by atoms with Crippen molar-refractivity contribution in [2.75, 3.05) is 7.05 Å². The lowest BCUT2D eigenvalue weighted by Crippen LogP contribution is -2.43. The second-order valence-electron chi connectivity index (χ2n) is 5.07. The molecule has 0 saturated heterocycles. The molecule has 0 aliphatic heterocycles. The van der Waals surface area contributed by atoms with Crippen LogP contribution in [-0.4, -0.2) is 29.9 Å². The van der Waals surface area contributed by atoms with Crippen LogP contribution in [0.3, 0.4) is 0 Å². The minimum absolute atomic E-state index is 0.0162. The molecule has 19 heavy (non-hydrogen) atoms. The third kappa shape index (κ3) is 3.67. The summed E-state index contributed by atoms with van der Waals surface area (Å²) in [5, 5.41) is 3.33. The van der Waals surface area contributed by atoms with Crippen molar-refractivity contribution in [3.05, 3.63) is 34.6 Å². The summed E-state index contributed by atoms with van der Waals surface area (Å²) in [6.07, 6.45) is 2.11. The molecule has 0 radical (unpaired) electrons. The molecule has 1 N–H and O–H groups in total. The molecule has 1 fully saturated rings. The van der Waals surface area contributed by atoms with Gasteiger partial charge in [0.2, 0.25) is 5.91 Å². The van der Waals surface area contributed by atoms with E-state index >= 15 is 0 Å². The van der Waals surface area contributed by atoms with Crippen molar-refractivity contribution < 1.29 is 9.18 Å². The maximum atomic E-state index is 13.7. The lowest BCUT2D eigenvalue weighted by Gasteiger charge is -2.24. The summed E-state index contributed by atoms with van der Waals surface area (Å²) >= 11 is 5.98. The average Bonchev–Trinajstić information content (AvgIpc) is 3.16. The molecule has 1 amide bonds. The van der Waals surface area contributed by atoms with Gasteiger partial charge < -0.3 is 5.32 Å². The number of hydrogen-bond donors (Lipinski definition) is 1. The number of carbonyl (C=O) groups is 1. The highest BCUT2D eigenvalue weighted by Gasteiger charge is 2.27. The Bertz CT molecular complexity index is 456. The Labute approximate surface area is 117 Å². The second kappa shape index (κ2) is 5.88. The van der Waals surface area contributed by atoms with Gasteiger partial charge in [0, 0.05) is 23.2 Å². The van der Waals surface area contributed by atoms with Gasteiger partial charge in [-0.25, -0.2) is 4.39 Å². The van der Waals surface area contributed by atoms with Gasteiger partial charge in [0.15, 0.2) is 0 Å². The Kier molecular flexibility index (Phi) is 4.42. The van der Waals surface area contributed by atoms with E-state index in [9.17, 15) is 9.18 Å². The smallest absolute Gasteiger partial charge is 0.237 e. The first kappa shape index (κ1) is 14.3. The fourth-order valence-electron chi connectivity index (χ4n) is 1.82. The summed E-state index contributed by atoms with van der Waals surface area (Å²) in [4.78, 5) is 13.7. The van der Waals surface area contributed by atoms with Gasteiger partial charge in [-0.3, -0.25) is 9.69 Å². The lowest BCUT2D eigenvalue weighted by molar-refractivity contribution is -0.125. The predicted octanol–water partition coefficient (Wildman–Crippen LogP) is 2.58. The molecule has 5 heteroatoms. The maximum absolute atomic E-state index is 13.7. The van der Waals surface area contributed by atoms with Crippen LogP contribution in [0.25, 0.3) is 0 Å². The minimum atomic E-state index is -0.339. The van der Waals surface area contributed by atoms with E-state index in [1.807, 2.05) is 6.92 Å². The SMILES string of the molecule is C[C@@H](C(=O)NC1CC1)N(C)Cc1c(F)cccc1Cl. The number of benzene rings is 1. The number of halogens is 2. The minimum Gasteiger partial charge on any atom is -0.352 e. The summed E-state index contributed by atoms with van der Waals surface area (Å²) in [5.74, 6) is -0.355. The van der Waals surface area contributed by atoms with Gasteiger partial charge >= 0.3 is 0 Å². The number of amides is 1. The summed E-state index contributed by atoms with van der Waals surface area (Å²) < 4.78 is 13.7. The van der Waals surface area contributed by atoms with Gasteiger partial charge in [0.05, 0.1) is 6.04 Å². The van der Waals surface area contributed by atoms with E-state index in [1.54, 1.807) is 24.1 Å². The van der Waals surface area contributed by atoms with Crippen LogP contribution in [0, 0.1) is 5.82 Å². The molecular weight excluding hydrogens is 267 g/mol. The van der Waals surface area contributed by atoms with Gasteiger partial charge in [-0.1, -0.05) is 17.7 Å². The third-order valence-electron chi connectivity index (χ3n) is 3.43. The monoisotopic (exact) mass is 284 g/mol. The van der Waals surface area contributed by atoms with E-state index in [2.05, 4.69) is 5.32 Å². The van der Waals surface area contributed by atoms with Crippen molar-refractivity contribution in [3.8, 4) is 0 Å². The molecule has 2 rings (SSSR count). The van der Waals surface area contributed by atoms with Gasteiger partial charge in [-0.05, 0) is 38.9 Å². The number of nitrogens with zero attached hydrogens (tertiary/aromatic N) is 1. The van der Waals surface area contributed by atoms with Crippen molar-refractivity contribution in [1.82, 2.24) is 10.2 Å². The summed E-state index contributed by atoms with van der Waals surface area (Å²) in [5.41, 5.74) is 0.428. The van der Waals surface area contributed by atoms with Gasteiger partial charge in [-0.2, -0.15) is 0 Å². The first-order valence-corrected chi connectivity index (χ1v) is 6.80. The topological polar surface area (TPSA) is 32.3 Å². The quantitative estimate of drug-likeness (QED) is 0.901. The molecule has 0 unspecified atom stereocenters. The zero-order valence-electron chi connectivity index (χ0n) is 11.1. The fourth-order valence-corrected chi connectivity index (χ4v) is 2.04. The Hall–Kier alpha value is -1.13. The Morgan fingerprint density at radius 2 is 2.26 bits per heavy atom. The van der Waals surface area contributed by atoms with Crippen LogP contribution in [0.15, 0.2) is 18.2 Å². The number of nitrogens with one attached hydrogen (secondary N) is 1. The van der Waals surface area contributed by atoms with Crippen LogP contribution >= 0.6 is 11.6 Å². The summed E-state index contributed by atoms with van der Waals surface area (Å²) in [6, 6.07) is 4.63. The van der Waals surface area contributed by atoms with Crippen molar-refractivity contribution in [3.63, 3.8) is 0 Å². The molecule has 1 aliphatic rings. The first-order valence-electron chi connectivity index (χ1n) is 6.42. The molecule has 1 aromatic rings. The maximum Gasteiger partial charge on any atom is 0.237 e. The van der Waals surface area contributed by atoms with Crippen LogP contribution in [0.2, 0.25) is 5.02 Å². The molecule has 0 spiro atoms. The number of carbonyl (C=O) groups excluding carboxylic acids is 1. The van der Waals surface area contributed by atoms with E-state index in [-0.39, 0.29) is 17.8 Å². The standard InChI is InChI=1S/C14H18ClFN2O/c1-9(14(19)17-10-6-7-10)18(2)8-11-12(15)4-3-5-13(11)16/h3-5,9-10H,6-8H2,1-2H3,(H,17,19)/t9-/m0/s1. The van der Waals surface area contributed by atoms with Crippen molar-refractivity contribution in [1.29, 1.82) is 0 Å². The van der Waals surface area contributed by atoms with Crippen molar-refractivity contribution in [2.45, 2.75) is 38.4 Å². The highest BCUT2D eigenvalue weighted by molar-refractivity contribution is 6.31. The number of hydrogen-bond acceptors (Lipinski definition) is 2. The van der Waals surface area contributed by atoms with E-state index in [4.69, 9.17) is 11.6 Å². The Morgan fingerprint density at radius 1 is 1.58 bits per heavy atom. The molecule has 3 nitrogen and oxygen atoms in total. The molecular formula is C14H18ClFN2O. The largest absolute Gasteiger partial charge is 0.352 e. The molecule has 0 aromatic heterocycles. The predicted molar refractivity (Wildman–Crippen MR) is 73.5 cm³/mol. The van der Waals surface area contributed by atoms with E-state index in [0.717, 1.165) is 12.8 Å². The van der Waals surface area contributed by atoms with Crippen LogP contribution in [-0.2, 0) is 11.3 Å². The van der Waals surface area contributed by atoms with E-state index in [1.165, 1.54) is 6.07 Å². The van der Waals surface area contributed by atoms with Crippen molar-refractivity contribution in [2.24, 2.45) is 0 Å². The highest BCUT2D eigenvalue weighted by Crippen LogP contribution is 2.22. The van der Waals surface area contributed by atoms with Crippen LogP contribution < -0.4 is 5.32 Å². The molecule has 1 aliphatic carbocycles.